The van der Waals surface area contributed by atoms with Gasteiger partial charge >= 0.3 is 0 Å². The standard InChI is InChI=1S/C24H22N6O/c1-15(25)30-28-14-16-2-7-20(8-3-16)31-21-9-4-17(5-10-21)23-13-19-12-18(24(26)27)6-11-22(19)29-23/h2-14,29H,1H3,(H2,25,30)(H3,26,27)/b28-14+. The lowest BCUT2D eigenvalue weighted by Crippen LogP contribution is -2.10. The molecule has 0 aliphatic heterocycles. The number of hydrogen-bond donors (Lipinski definition) is 4. The number of rotatable bonds is 6. The van der Waals surface area contributed by atoms with Crippen LogP contribution in [0, 0.1) is 5.41 Å². The zero-order chi connectivity index (χ0) is 21.8. The maximum absolute atomic E-state index is 7.59. The molecule has 3 aromatic carbocycles. The van der Waals surface area contributed by atoms with Crippen molar-refractivity contribution in [2.75, 3.05) is 0 Å². The lowest BCUT2D eigenvalue weighted by Gasteiger charge is -2.06. The van der Waals surface area contributed by atoms with Gasteiger partial charge < -0.3 is 21.2 Å². The lowest BCUT2D eigenvalue weighted by molar-refractivity contribution is 0.483. The molecule has 1 heterocycles. The molecule has 0 aliphatic rings. The maximum Gasteiger partial charge on any atom is 0.127 e. The van der Waals surface area contributed by atoms with Crippen LogP contribution in [0.25, 0.3) is 22.2 Å². The summed E-state index contributed by atoms with van der Waals surface area (Å²) in [5.74, 6) is 1.94. The monoisotopic (exact) mass is 410 g/mol. The second kappa shape index (κ2) is 8.54. The summed E-state index contributed by atoms with van der Waals surface area (Å²) in [5, 5.41) is 16.3. The Morgan fingerprint density at radius 2 is 1.61 bits per heavy atom. The molecule has 7 heteroatoms. The number of fused-ring (bicyclic) bond motifs is 1. The van der Waals surface area contributed by atoms with Gasteiger partial charge in [-0.15, -0.1) is 5.10 Å². The first-order valence-electron chi connectivity index (χ1n) is 9.66. The van der Waals surface area contributed by atoms with E-state index in [1.807, 2.05) is 72.8 Å². The molecule has 0 unspecified atom stereocenters. The number of ether oxygens (including phenoxy) is 1. The number of aromatic amines is 1. The summed E-state index contributed by atoms with van der Waals surface area (Å²) in [7, 11) is 0. The van der Waals surface area contributed by atoms with Crippen LogP contribution in [0.5, 0.6) is 11.5 Å². The number of hydrogen-bond acceptors (Lipinski definition) is 4. The fourth-order valence-corrected chi connectivity index (χ4v) is 3.10. The van der Waals surface area contributed by atoms with Crippen molar-refractivity contribution in [3.8, 4) is 22.8 Å². The van der Waals surface area contributed by atoms with Crippen molar-refractivity contribution in [1.82, 2.24) is 4.98 Å². The summed E-state index contributed by atoms with van der Waals surface area (Å²) in [5.41, 5.74) is 15.7. The van der Waals surface area contributed by atoms with Gasteiger partial charge in [0.05, 0.1) is 6.21 Å². The lowest BCUT2D eigenvalue weighted by atomic mass is 10.1. The second-order valence-electron chi connectivity index (χ2n) is 7.08. The number of nitrogens with zero attached hydrogens (tertiary/aromatic N) is 2. The zero-order valence-electron chi connectivity index (χ0n) is 17.0. The predicted molar refractivity (Wildman–Crippen MR) is 126 cm³/mol. The highest BCUT2D eigenvalue weighted by atomic mass is 16.5. The SMILES string of the molecule is C/C(N)=N/N=C/c1ccc(Oc2ccc(-c3cc4cc(C(=N)N)ccc4[nH]3)cc2)cc1. The number of amidine groups is 2. The van der Waals surface area contributed by atoms with Gasteiger partial charge in [-0.2, -0.15) is 5.10 Å². The van der Waals surface area contributed by atoms with Crippen molar-refractivity contribution in [2.24, 2.45) is 21.7 Å². The fourth-order valence-electron chi connectivity index (χ4n) is 3.10. The van der Waals surface area contributed by atoms with Gasteiger partial charge in [-0.1, -0.05) is 0 Å². The Hall–Kier alpha value is -4.39. The minimum absolute atomic E-state index is 0.0608. The quantitative estimate of drug-likeness (QED) is 0.210. The van der Waals surface area contributed by atoms with Crippen LogP contribution in [0.15, 0.2) is 83.0 Å². The van der Waals surface area contributed by atoms with Crippen LogP contribution in [0.2, 0.25) is 0 Å². The van der Waals surface area contributed by atoms with E-state index in [1.165, 1.54) is 0 Å². The van der Waals surface area contributed by atoms with E-state index in [-0.39, 0.29) is 5.84 Å². The Balaban J connectivity index is 1.47. The molecule has 7 nitrogen and oxygen atoms in total. The van der Waals surface area contributed by atoms with Crippen molar-refractivity contribution in [3.63, 3.8) is 0 Å². The van der Waals surface area contributed by atoms with Crippen LogP contribution < -0.4 is 16.2 Å². The Bertz CT molecular complexity index is 1280. The highest BCUT2D eigenvalue weighted by Crippen LogP contribution is 2.28. The van der Waals surface area contributed by atoms with Crippen LogP contribution >= 0.6 is 0 Å². The van der Waals surface area contributed by atoms with Gasteiger partial charge in [0.2, 0.25) is 0 Å². The van der Waals surface area contributed by atoms with E-state index in [2.05, 4.69) is 15.2 Å². The van der Waals surface area contributed by atoms with Gasteiger partial charge in [-0.05, 0) is 90.8 Å². The third kappa shape index (κ3) is 4.79. The van der Waals surface area contributed by atoms with Gasteiger partial charge in [0.25, 0.3) is 0 Å². The summed E-state index contributed by atoms with van der Waals surface area (Å²) >= 11 is 0. The summed E-state index contributed by atoms with van der Waals surface area (Å²) in [6, 6.07) is 23.1. The topological polar surface area (TPSA) is 126 Å². The van der Waals surface area contributed by atoms with E-state index in [0.717, 1.165) is 39.2 Å². The van der Waals surface area contributed by atoms with E-state index in [4.69, 9.17) is 21.6 Å². The van der Waals surface area contributed by atoms with E-state index in [1.54, 1.807) is 13.1 Å². The molecule has 0 saturated carbocycles. The number of nitrogens with two attached hydrogens (primary N) is 2. The van der Waals surface area contributed by atoms with Gasteiger partial charge in [-0.3, -0.25) is 5.41 Å². The fraction of sp³-hybridized carbons (Fsp3) is 0.0417. The number of nitrogens with one attached hydrogen (secondary N) is 2. The highest BCUT2D eigenvalue weighted by Gasteiger charge is 2.06. The minimum atomic E-state index is 0.0608. The van der Waals surface area contributed by atoms with Gasteiger partial charge in [0, 0.05) is 22.2 Å². The number of benzene rings is 3. The molecule has 4 rings (SSSR count). The zero-order valence-corrected chi connectivity index (χ0v) is 17.0. The molecule has 0 fully saturated rings. The number of H-pyrrole nitrogens is 1. The van der Waals surface area contributed by atoms with Crippen molar-refractivity contribution >= 4 is 28.8 Å². The maximum atomic E-state index is 7.59. The number of nitrogen functional groups attached to an aromatic ring is 1. The molecular weight excluding hydrogens is 388 g/mol. The molecule has 0 radical (unpaired) electrons. The van der Waals surface area contributed by atoms with E-state index < -0.39 is 0 Å². The van der Waals surface area contributed by atoms with Crippen LogP contribution in [-0.4, -0.2) is 22.9 Å². The second-order valence-corrected chi connectivity index (χ2v) is 7.08. The van der Waals surface area contributed by atoms with Crippen molar-refractivity contribution in [3.05, 3.63) is 83.9 Å². The molecule has 0 saturated heterocycles. The Kier molecular flexibility index (Phi) is 5.49. The predicted octanol–water partition coefficient (Wildman–Crippen LogP) is 4.62. The number of aromatic nitrogens is 1. The molecular formula is C24H22N6O. The first-order valence-corrected chi connectivity index (χ1v) is 9.66. The van der Waals surface area contributed by atoms with Gasteiger partial charge in [0.15, 0.2) is 0 Å². The summed E-state index contributed by atoms with van der Waals surface area (Å²) < 4.78 is 5.93. The Labute approximate surface area is 179 Å². The molecule has 0 spiro atoms. The van der Waals surface area contributed by atoms with Crippen molar-refractivity contribution < 1.29 is 4.74 Å². The largest absolute Gasteiger partial charge is 0.457 e. The smallest absolute Gasteiger partial charge is 0.127 e. The van der Waals surface area contributed by atoms with Crippen LogP contribution in [0.4, 0.5) is 0 Å². The Morgan fingerprint density at radius 1 is 0.935 bits per heavy atom. The van der Waals surface area contributed by atoms with Crippen LogP contribution in [-0.2, 0) is 0 Å². The molecule has 4 aromatic rings. The molecule has 31 heavy (non-hydrogen) atoms. The van der Waals surface area contributed by atoms with E-state index >= 15 is 0 Å². The van der Waals surface area contributed by atoms with Crippen LogP contribution in [0.1, 0.15) is 18.1 Å². The molecule has 154 valence electrons. The highest BCUT2D eigenvalue weighted by molar-refractivity contribution is 5.99. The third-order valence-corrected chi connectivity index (χ3v) is 4.64. The van der Waals surface area contributed by atoms with E-state index in [9.17, 15) is 0 Å². The average molecular weight is 410 g/mol. The summed E-state index contributed by atoms with van der Waals surface area (Å²) in [4.78, 5) is 3.40. The third-order valence-electron chi connectivity index (χ3n) is 4.64. The molecule has 1 aromatic heterocycles. The summed E-state index contributed by atoms with van der Waals surface area (Å²) in [6.07, 6.45) is 1.63. The van der Waals surface area contributed by atoms with Crippen molar-refractivity contribution in [1.29, 1.82) is 5.41 Å². The first kappa shape index (κ1) is 19.9. The summed E-state index contributed by atoms with van der Waals surface area (Å²) in [6.45, 7) is 1.68. The van der Waals surface area contributed by atoms with Crippen molar-refractivity contribution in [2.45, 2.75) is 6.92 Å². The average Bonchev–Trinajstić information content (AvgIpc) is 3.18. The van der Waals surface area contributed by atoms with Gasteiger partial charge in [-0.25, -0.2) is 0 Å². The van der Waals surface area contributed by atoms with E-state index in [0.29, 0.717) is 11.4 Å². The molecule has 6 N–H and O–H groups in total. The first-order chi connectivity index (χ1) is 15.0. The normalized spacial score (nSPS) is 11.8. The molecule has 0 aliphatic carbocycles. The minimum Gasteiger partial charge on any atom is -0.457 e. The molecule has 0 atom stereocenters. The molecule has 0 amide bonds. The van der Waals surface area contributed by atoms with Crippen LogP contribution in [0.3, 0.4) is 0 Å². The Morgan fingerprint density at radius 3 is 2.26 bits per heavy atom. The van der Waals surface area contributed by atoms with Gasteiger partial charge in [0.1, 0.15) is 23.2 Å². The molecule has 0 bridgehead atoms.